The molecule has 26 heavy (non-hydrogen) atoms. The highest BCUT2D eigenvalue weighted by molar-refractivity contribution is 6.07. The van der Waals surface area contributed by atoms with E-state index in [1.54, 1.807) is 20.8 Å². The summed E-state index contributed by atoms with van der Waals surface area (Å²) in [5.74, 6) is 0.350. The van der Waals surface area contributed by atoms with Gasteiger partial charge in [-0.15, -0.1) is 0 Å². The highest BCUT2D eigenvalue weighted by atomic mass is 19.3. The Kier molecular flexibility index (Phi) is 4.39. The SMILES string of the molecule is Cc1nc(CN2C(=O)N[C@@](C)(c3ccc(OC(F)F)cc3)C2=O)oc1C. The van der Waals surface area contributed by atoms with Crippen molar-refractivity contribution in [3.05, 3.63) is 47.2 Å². The monoisotopic (exact) mass is 365 g/mol. The van der Waals surface area contributed by atoms with E-state index in [0.29, 0.717) is 17.0 Å². The lowest BCUT2D eigenvalue weighted by atomic mass is 9.92. The van der Waals surface area contributed by atoms with E-state index in [-0.39, 0.29) is 18.2 Å². The second kappa shape index (κ2) is 6.40. The third-order valence-corrected chi connectivity index (χ3v) is 4.30. The van der Waals surface area contributed by atoms with Crippen molar-refractivity contribution in [2.24, 2.45) is 0 Å². The number of halogens is 2. The molecule has 1 saturated heterocycles. The van der Waals surface area contributed by atoms with Gasteiger partial charge in [-0.05, 0) is 38.5 Å². The van der Waals surface area contributed by atoms with Gasteiger partial charge in [-0.2, -0.15) is 8.78 Å². The number of alkyl halides is 2. The molecule has 9 heteroatoms. The quantitative estimate of drug-likeness (QED) is 0.824. The molecule has 0 radical (unpaired) electrons. The zero-order valence-electron chi connectivity index (χ0n) is 14.4. The number of hydrogen-bond donors (Lipinski definition) is 1. The van der Waals surface area contributed by atoms with Crippen molar-refractivity contribution >= 4 is 11.9 Å². The van der Waals surface area contributed by atoms with E-state index < -0.39 is 24.1 Å². The molecular weight excluding hydrogens is 348 g/mol. The van der Waals surface area contributed by atoms with Gasteiger partial charge in [-0.1, -0.05) is 12.1 Å². The highest BCUT2D eigenvalue weighted by Crippen LogP contribution is 2.31. The molecule has 1 atom stereocenters. The molecule has 1 aliphatic heterocycles. The van der Waals surface area contributed by atoms with Crippen LogP contribution in [0.2, 0.25) is 0 Å². The smallest absolute Gasteiger partial charge is 0.387 e. The fourth-order valence-corrected chi connectivity index (χ4v) is 2.75. The summed E-state index contributed by atoms with van der Waals surface area (Å²) in [4.78, 5) is 30.3. The van der Waals surface area contributed by atoms with Crippen LogP contribution in [0.25, 0.3) is 0 Å². The van der Waals surface area contributed by atoms with Crippen molar-refractivity contribution in [1.82, 2.24) is 15.2 Å². The van der Waals surface area contributed by atoms with Gasteiger partial charge in [0, 0.05) is 0 Å². The maximum atomic E-state index is 12.8. The van der Waals surface area contributed by atoms with E-state index in [2.05, 4.69) is 15.0 Å². The van der Waals surface area contributed by atoms with Gasteiger partial charge in [0.05, 0.1) is 5.69 Å². The molecule has 1 fully saturated rings. The lowest BCUT2D eigenvalue weighted by molar-refractivity contribution is -0.131. The van der Waals surface area contributed by atoms with Crippen LogP contribution >= 0.6 is 0 Å². The molecule has 0 aliphatic carbocycles. The van der Waals surface area contributed by atoms with Crippen LogP contribution in [-0.4, -0.2) is 28.4 Å². The Hall–Kier alpha value is -2.97. The van der Waals surface area contributed by atoms with Crippen LogP contribution in [0.4, 0.5) is 13.6 Å². The summed E-state index contributed by atoms with van der Waals surface area (Å²) in [7, 11) is 0. The predicted octanol–water partition coefficient (Wildman–Crippen LogP) is 2.86. The van der Waals surface area contributed by atoms with Gasteiger partial charge in [-0.25, -0.2) is 9.78 Å². The van der Waals surface area contributed by atoms with Crippen LogP contribution in [0.3, 0.4) is 0 Å². The van der Waals surface area contributed by atoms with E-state index >= 15 is 0 Å². The fraction of sp³-hybridized carbons (Fsp3) is 0.353. The fourth-order valence-electron chi connectivity index (χ4n) is 2.75. The molecule has 0 bridgehead atoms. The predicted molar refractivity (Wildman–Crippen MR) is 85.5 cm³/mol. The third-order valence-electron chi connectivity index (χ3n) is 4.30. The molecule has 0 unspecified atom stereocenters. The summed E-state index contributed by atoms with van der Waals surface area (Å²) < 4.78 is 34.2. The van der Waals surface area contributed by atoms with Crippen LogP contribution in [-0.2, 0) is 16.9 Å². The Morgan fingerprint density at radius 3 is 2.46 bits per heavy atom. The van der Waals surface area contributed by atoms with E-state index in [1.807, 2.05) is 0 Å². The number of carbonyl (C=O) groups excluding carboxylic acids is 2. The number of rotatable bonds is 5. The van der Waals surface area contributed by atoms with Crippen molar-refractivity contribution in [3.8, 4) is 5.75 Å². The number of benzene rings is 1. The third kappa shape index (κ3) is 3.12. The number of urea groups is 1. The molecule has 0 spiro atoms. The zero-order chi connectivity index (χ0) is 19.1. The summed E-state index contributed by atoms with van der Waals surface area (Å²) in [6.45, 7) is 2.02. The molecule has 1 aromatic carbocycles. The molecule has 1 N–H and O–H groups in total. The van der Waals surface area contributed by atoms with E-state index in [9.17, 15) is 18.4 Å². The number of aryl methyl sites for hydroxylation is 2. The molecule has 2 heterocycles. The number of imide groups is 1. The first-order valence-corrected chi connectivity index (χ1v) is 7.83. The summed E-state index contributed by atoms with van der Waals surface area (Å²) in [6.07, 6.45) is 0. The van der Waals surface area contributed by atoms with Gasteiger partial charge in [0.25, 0.3) is 5.91 Å². The number of nitrogens with one attached hydrogen (secondary N) is 1. The second-order valence-electron chi connectivity index (χ2n) is 6.10. The minimum absolute atomic E-state index is 0.0354. The van der Waals surface area contributed by atoms with Crippen molar-refractivity contribution < 1.29 is 27.5 Å². The van der Waals surface area contributed by atoms with Crippen LogP contribution < -0.4 is 10.1 Å². The maximum Gasteiger partial charge on any atom is 0.387 e. The molecular formula is C17H17F2N3O4. The zero-order valence-corrected chi connectivity index (χ0v) is 14.4. The van der Waals surface area contributed by atoms with Gasteiger partial charge in [0.2, 0.25) is 5.89 Å². The molecule has 7 nitrogen and oxygen atoms in total. The van der Waals surface area contributed by atoms with E-state index in [1.165, 1.54) is 24.3 Å². The number of nitrogens with zero attached hydrogens (tertiary/aromatic N) is 2. The van der Waals surface area contributed by atoms with Gasteiger partial charge in [0.1, 0.15) is 23.6 Å². The number of hydrogen-bond acceptors (Lipinski definition) is 5. The Morgan fingerprint density at radius 1 is 1.27 bits per heavy atom. The largest absolute Gasteiger partial charge is 0.444 e. The number of oxazole rings is 1. The summed E-state index contributed by atoms with van der Waals surface area (Å²) >= 11 is 0. The molecule has 1 aliphatic rings. The molecule has 138 valence electrons. The van der Waals surface area contributed by atoms with Gasteiger partial charge >= 0.3 is 12.6 Å². The number of carbonyl (C=O) groups is 2. The summed E-state index contributed by atoms with van der Waals surface area (Å²) in [5, 5.41) is 2.63. The number of amides is 3. The second-order valence-corrected chi connectivity index (χ2v) is 6.10. The topological polar surface area (TPSA) is 84.7 Å². The first-order chi connectivity index (χ1) is 12.2. The van der Waals surface area contributed by atoms with Crippen LogP contribution in [0, 0.1) is 13.8 Å². The average molecular weight is 365 g/mol. The Morgan fingerprint density at radius 2 is 1.92 bits per heavy atom. The van der Waals surface area contributed by atoms with Crippen LogP contribution in [0.15, 0.2) is 28.7 Å². The Balaban J connectivity index is 1.82. The Labute approximate surface area is 147 Å². The normalized spacial score (nSPS) is 20.0. The Bertz CT molecular complexity index is 831. The maximum absolute atomic E-state index is 12.8. The van der Waals surface area contributed by atoms with Crippen LogP contribution in [0.1, 0.15) is 29.8 Å². The van der Waals surface area contributed by atoms with Gasteiger partial charge < -0.3 is 14.5 Å². The lowest BCUT2D eigenvalue weighted by Crippen LogP contribution is -2.40. The first-order valence-electron chi connectivity index (χ1n) is 7.83. The minimum atomic E-state index is -2.94. The average Bonchev–Trinajstić information content (AvgIpc) is 2.99. The molecule has 3 rings (SSSR count). The molecule has 0 saturated carbocycles. The van der Waals surface area contributed by atoms with Crippen molar-refractivity contribution in [3.63, 3.8) is 0 Å². The highest BCUT2D eigenvalue weighted by Gasteiger charge is 2.49. The molecule has 1 aromatic heterocycles. The van der Waals surface area contributed by atoms with Gasteiger partial charge in [-0.3, -0.25) is 9.69 Å². The first kappa shape index (κ1) is 17.8. The lowest BCUT2D eigenvalue weighted by Gasteiger charge is -2.22. The summed E-state index contributed by atoms with van der Waals surface area (Å²) in [6, 6.07) is 4.96. The van der Waals surface area contributed by atoms with E-state index in [0.717, 1.165) is 4.90 Å². The minimum Gasteiger partial charge on any atom is -0.444 e. The number of ether oxygens (including phenoxy) is 1. The van der Waals surface area contributed by atoms with Gasteiger partial charge in [0.15, 0.2) is 0 Å². The van der Waals surface area contributed by atoms with Crippen molar-refractivity contribution in [2.45, 2.75) is 39.5 Å². The van der Waals surface area contributed by atoms with Crippen molar-refractivity contribution in [2.75, 3.05) is 0 Å². The molecule has 2 aromatic rings. The standard InChI is InChI=1S/C17H17F2N3O4/c1-9-10(2)25-13(20-9)8-22-14(23)17(3,21-16(22)24)11-4-6-12(7-5-11)26-15(18)19/h4-7,15H,8H2,1-3H3,(H,21,24)/t17-/m0/s1. The van der Waals surface area contributed by atoms with Crippen molar-refractivity contribution in [1.29, 1.82) is 0 Å². The number of aromatic nitrogens is 1. The summed E-state index contributed by atoms with van der Waals surface area (Å²) in [5.41, 5.74) is -0.193. The van der Waals surface area contributed by atoms with E-state index in [4.69, 9.17) is 4.42 Å². The van der Waals surface area contributed by atoms with Crippen LogP contribution in [0.5, 0.6) is 5.75 Å². The molecule has 3 amide bonds.